The molecule has 1 amide bonds. The average Bonchev–Trinajstić information content (AvgIpc) is 3.40. The van der Waals surface area contributed by atoms with Crippen LogP contribution in [0.15, 0.2) is 48.7 Å². The average molecular weight is 540 g/mol. The van der Waals surface area contributed by atoms with Crippen LogP contribution < -0.4 is 15.4 Å². The van der Waals surface area contributed by atoms with Gasteiger partial charge >= 0.3 is 0 Å². The first kappa shape index (κ1) is 27.3. The number of fused-ring (bicyclic) bond motifs is 1. The van der Waals surface area contributed by atoms with Crippen molar-refractivity contribution in [1.29, 1.82) is 5.26 Å². The smallest absolute Gasteiger partial charge is 0.248 e. The molecule has 1 aromatic heterocycles. The lowest BCUT2D eigenvalue weighted by molar-refractivity contribution is -0.111. The van der Waals surface area contributed by atoms with Crippen LogP contribution in [0.2, 0.25) is 5.02 Å². The van der Waals surface area contributed by atoms with Crippen LogP contribution in [0.3, 0.4) is 0 Å². The van der Waals surface area contributed by atoms with Gasteiger partial charge in [-0.1, -0.05) is 17.7 Å². The van der Waals surface area contributed by atoms with Gasteiger partial charge in [0.15, 0.2) is 0 Å². The molecule has 0 bridgehead atoms. The maximum atomic E-state index is 13.7. The first-order chi connectivity index (χ1) is 18.4. The van der Waals surface area contributed by atoms with E-state index in [1.807, 2.05) is 11.9 Å². The molecule has 3 aromatic rings. The lowest BCUT2D eigenvalue weighted by Gasteiger charge is -2.18. The van der Waals surface area contributed by atoms with Crippen molar-refractivity contribution >= 4 is 45.5 Å². The minimum Gasteiger partial charge on any atom is -0.486 e. The van der Waals surface area contributed by atoms with Crippen LogP contribution in [0.25, 0.3) is 10.9 Å². The molecule has 1 fully saturated rings. The van der Waals surface area contributed by atoms with Crippen LogP contribution in [-0.2, 0) is 9.53 Å². The van der Waals surface area contributed by atoms with E-state index in [-0.39, 0.29) is 29.2 Å². The van der Waals surface area contributed by atoms with Crippen molar-refractivity contribution < 1.29 is 23.8 Å². The number of rotatable bonds is 10. The number of hydrogen-bond donors (Lipinski definition) is 3. The maximum absolute atomic E-state index is 13.7. The summed E-state index contributed by atoms with van der Waals surface area (Å²) in [6, 6.07) is 9.66. The van der Waals surface area contributed by atoms with Gasteiger partial charge in [0.05, 0.1) is 47.3 Å². The number of carbonyl (C=O) groups is 1. The summed E-state index contributed by atoms with van der Waals surface area (Å²) in [4.78, 5) is 19.0. The number of nitrogens with zero attached hydrogens (tertiary/aromatic N) is 3. The number of anilines is 3. The second kappa shape index (κ2) is 12.7. The Kier molecular flexibility index (Phi) is 9.10. The number of likely N-dealkylation sites (N-methyl/N-ethyl adjacent to an activating group) is 1. The van der Waals surface area contributed by atoms with Gasteiger partial charge in [0.25, 0.3) is 0 Å². The molecular formula is C27H27ClFN5O4. The molecular weight excluding hydrogens is 513 g/mol. The fourth-order valence-corrected chi connectivity index (χ4v) is 4.09. The molecule has 1 aliphatic heterocycles. The summed E-state index contributed by atoms with van der Waals surface area (Å²) in [7, 11) is 1.83. The minimum atomic E-state index is -0.560. The first-order valence-corrected chi connectivity index (χ1v) is 12.4. The SMILES string of the molecule is CN(C/C=C/C(=O)Nc1cc2c(Nc3ccc(F)c(Cl)c3)c(C#N)cnc2cc1O[C@H]1CCOC1)CCO. The zero-order valence-corrected chi connectivity index (χ0v) is 21.5. The van der Waals surface area contributed by atoms with Gasteiger partial charge in [-0.25, -0.2) is 4.39 Å². The van der Waals surface area contributed by atoms with Crippen LogP contribution in [0.5, 0.6) is 5.75 Å². The highest BCUT2D eigenvalue weighted by Gasteiger charge is 2.21. The van der Waals surface area contributed by atoms with Crippen molar-refractivity contribution in [3.63, 3.8) is 0 Å². The number of aromatic nitrogens is 1. The Morgan fingerprint density at radius 2 is 2.26 bits per heavy atom. The van der Waals surface area contributed by atoms with E-state index in [4.69, 9.17) is 26.2 Å². The van der Waals surface area contributed by atoms with Gasteiger partial charge < -0.3 is 30.1 Å². The number of nitrogens with one attached hydrogen (secondary N) is 2. The van der Waals surface area contributed by atoms with Crippen LogP contribution in [-0.4, -0.2) is 67.0 Å². The molecule has 3 N–H and O–H groups in total. The molecule has 0 spiro atoms. The number of ether oxygens (including phenoxy) is 2. The third-order valence-electron chi connectivity index (χ3n) is 5.89. The van der Waals surface area contributed by atoms with E-state index >= 15 is 0 Å². The van der Waals surface area contributed by atoms with E-state index in [2.05, 4.69) is 21.7 Å². The van der Waals surface area contributed by atoms with Gasteiger partial charge in [0, 0.05) is 48.9 Å². The summed E-state index contributed by atoms with van der Waals surface area (Å²) in [5.74, 6) is -0.519. The molecule has 0 unspecified atom stereocenters. The van der Waals surface area contributed by atoms with Gasteiger partial charge in [-0.05, 0) is 31.3 Å². The number of benzene rings is 2. The van der Waals surface area contributed by atoms with Gasteiger partial charge in [-0.15, -0.1) is 0 Å². The number of halogens is 2. The van der Waals surface area contributed by atoms with Gasteiger partial charge in [-0.2, -0.15) is 5.26 Å². The Balaban J connectivity index is 1.71. The summed E-state index contributed by atoms with van der Waals surface area (Å²) in [6.07, 6.45) is 5.06. The highest BCUT2D eigenvalue weighted by atomic mass is 35.5. The standard InChI is InChI=1S/C27H27ClFN5O4/c1-34(8-9-35)7-2-3-26(36)33-24-12-20-23(13-25(24)38-19-6-10-37-16-19)31-15-17(14-30)27(20)32-18-4-5-22(29)21(28)11-18/h2-5,11-13,15,19,35H,6-10,16H2,1H3,(H,31,32)(H,33,36)/b3-2+/t19-/m0/s1. The largest absolute Gasteiger partial charge is 0.486 e. The summed E-state index contributed by atoms with van der Waals surface area (Å²) in [5, 5.41) is 25.2. The lowest BCUT2D eigenvalue weighted by Crippen LogP contribution is -2.22. The highest BCUT2D eigenvalue weighted by molar-refractivity contribution is 6.31. The Labute approximate surface area is 224 Å². The topological polar surface area (TPSA) is 120 Å². The molecule has 11 heteroatoms. The minimum absolute atomic E-state index is 0.0262. The lowest BCUT2D eigenvalue weighted by atomic mass is 10.1. The Morgan fingerprint density at radius 1 is 1.42 bits per heavy atom. The molecule has 2 heterocycles. The molecule has 4 rings (SSSR count). The predicted molar refractivity (Wildman–Crippen MR) is 143 cm³/mol. The van der Waals surface area contributed by atoms with Gasteiger partial charge in [-0.3, -0.25) is 9.78 Å². The molecule has 1 atom stereocenters. The second-order valence-electron chi connectivity index (χ2n) is 8.76. The molecule has 1 aliphatic rings. The van der Waals surface area contributed by atoms with Crippen molar-refractivity contribution in [2.24, 2.45) is 0 Å². The predicted octanol–water partition coefficient (Wildman–Crippen LogP) is 4.23. The van der Waals surface area contributed by atoms with E-state index in [1.165, 1.54) is 30.5 Å². The Hall–Kier alpha value is -3.75. The van der Waals surface area contributed by atoms with Crippen LogP contribution in [0, 0.1) is 17.1 Å². The zero-order valence-electron chi connectivity index (χ0n) is 20.7. The van der Waals surface area contributed by atoms with Crippen molar-refractivity contribution in [3.05, 3.63) is 65.1 Å². The van der Waals surface area contributed by atoms with Crippen LogP contribution in [0.4, 0.5) is 21.5 Å². The molecule has 0 radical (unpaired) electrons. The molecule has 198 valence electrons. The van der Waals surface area contributed by atoms with Gasteiger partial charge in [0.2, 0.25) is 5.91 Å². The van der Waals surface area contributed by atoms with E-state index < -0.39 is 5.82 Å². The van der Waals surface area contributed by atoms with E-state index in [0.29, 0.717) is 66.4 Å². The summed E-state index contributed by atoms with van der Waals surface area (Å²) in [6.45, 7) is 2.02. The van der Waals surface area contributed by atoms with E-state index in [9.17, 15) is 14.4 Å². The number of aliphatic hydroxyl groups is 1. The third kappa shape index (κ3) is 6.76. The number of pyridine rings is 1. The monoisotopic (exact) mass is 539 g/mol. The number of amides is 1. The van der Waals surface area contributed by atoms with Crippen LogP contribution in [0.1, 0.15) is 12.0 Å². The molecule has 9 nitrogen and oxygen atoms in total. The number of hydrogen-bond acceptors (Lipinski definition) is 8. The van der Waals surface area contributed by atoms with Crippen molar-refractivity contribution in [2.45, 2.75) is 12.5 Å². The summed E-state index contributed by atoms with van der Waals surface area (Å²) in [5.41, 5.74) is 2.06. The Morgan fingerprint density at radius 3 is 2.97 bits per heavy atom. The van der Waals surface area contributed by atoms with Crippen LogP contribution >= 0.6 is 11.6 Å². The first-order valence-electron chi connectivity index (χ1n) is 12.0. The highest BCUT2D eigenvalue weighted by Crippen LogP contribution is 2.37. The van der Waals surface area contributed by atoms with Crippen molar-refractivity contribution in [2.75, 3.05) is 50.6 Å². The molecule has 0 saturated carbocycles. The number of carbonyl (C=O) groups excluding carboxylic acids is 1. The fraction of sp³-hybridized carbons (Fsp3) is 0.296. The number of aliphatic hydroxyl groups excluding tert-OH is 1. The van der Waals surface area contributed by atoms with Crippen molar-refractivity contribution in [3.8, 4) is 11.8 Å². The summed E-state index contributed by atoms with van der Waals surface area (Å²) < 4.78 is 25.3. The molecule has 0 aliphatic carbocycles. The molecule has 1 saturated heterocycles. The van der Waals surface area contributed by atoms with Gasteiger partial charge in [0.1, 0.15) is 23.7 Å². The molecule has 2 aromatic carbocycles. The zero-order chi connectivity index (χ0) is 27.1. The number of nitriles is 1. The van der Waals surface area contributed by atoms with E-state index in [1.54, 1.807) is 18.2 Å². The third-order valence-corrected chi connectivity index (χ3v) is 6.18. The quantitative estimate of drug-likeness (QED) is 0.327. The Bertz CT molecular complexity index is 1390. The van der Waals surface area contributed by atoms with E-state index in [0.717, 1.165) is 0 Å². The molecule has 38 heavy (non-hydrogen) atoms. The summed E-state index contributed by atoms with van der Waals surface area (Å²) >= 11 is 5.95. The second-order valence-corrected chi connectivity index (χ2v) is 9.17. The van der Waals surface area contributed by atoms with Crippen molar-refractivity contribution in [1.82, 2.24) is 9.88 Å². The maximum Gasteiger partial charge on any atom is 0.248 e. The normalized spacial score (nSPS) is 15.2. The fourth-order valence-electron chi connectivity index (χ4n) is 3.91.